The lowest BCUT2D eigenvalue weighted by Crippen LogP contribution is -2.47. The van der Waals surface area contributed by atoms with Gasteiger partial charge in [0.05, 0.1) is 24.4 Å². The fourth-order valence-corrected chi connectivity index (χ4v) is 4.74. The average molecular weight is 439 g/mol. The minimum Gasteiger partial charge on any atom is -0.447 e. The Bertz CT molecular complexity index is 937. The van der Waals surface area contributed by atoms with Crippen molar-refractivity contribution in [3.05, 3.63) is 60.2 Å². The molecular weight excluding hydrogens is 404 g/mol. The van der Waals surface area contributed by atoms with Crippen molar-refractivity contribution in [1.29, 1.82) is 0 Å². The highest BCUT2D eigenvalue weighted by molar-refractivity contribution is 6.01. The number of carbonyl (C=O) groups excluding carboxylic acids is 1. The van der Waals surface area contributed by atoms with Crippen molar-refractivity contribution in [1.82, 2.24) is 4.90 Å². The van der Waals surface area contributed by atoms with Crippen LogP contribution in [0.2, 0.25) is 0 Å². The largest absolute Gasteiger partial charge is 0.447 e. The number of fused-ring (bicyclic) bond motifs is 2. The van der Waals surface area contributed by atoms with Gasteiger partial charge in [-0.2, -0.15) is 4.99 Å². The molecule has 1 fully saturated rings. The third-order valence-electron chi connectivity index (χ3n) is 6.45. The Balaban J connectivity index is 1.42. The van der Waals surface area contributed by atoms with Crippen molar-refractivity contribution in [2.45, 2.75) is 69.9 Å². The van der Waals surface area contributed by atoms with E-state index in [4.69, 9.17) is 14.2 Å². The molecule has 0 aromatic heterocycles. The molecule has 3 aliphatic heterocycles. The van der Waals surface area contributed by atoms with Gasteiger partial charge >= 0.3 is 0 Å². The predicted molar refractivity (Wildman–Crippen MR) is 124 cm³/mol. The quantitative estimate of drug-likeness (QED) is 0.612. The van der Waals surface area contributed by atoms with E-state index in [1.54, 1.807) is 6.08 Å². The Hall–Kier alpha value is -2.44. The van der Waals surface area contributed by atoms with Crippen molar-refractivity contribution >= 4 is 11.9 Å². The first-order chi connectivity index (χ1) is 15.2. The number of rotatable bonds is 6. The number of hydrogen-bond acceptors (Lipinski definition) is 5. The predicted octanol–water partition coefficient (Wildman–Crippen LogP) is 4.50. The summed E-state index contributed by atoms with van der Waals surface area (Å²) in [5.74, 6) is -0.271. The Morgan fingerprint density at radius 3 is 2.69 bits per heavy atom. The first-order valence-electron chi connectivity index (χ1n) is 11.4. The van der Waals surface area contributed by atoms with E-state index < -0.39 is 5.60 Å². The monoisotopic (exact) mass is 438 g/mol. The number of amidine groups is 1. The SMILES string of the molecule is C=CCC1(CC(=C)COC(C)(C)C)OC(N2CCC3(CC2)OCc2ccccc23)=NC1=O. The van der Waals surface area contributed by atoms with Gasteiger partial charge in [-0.1, -0.05) is 36.9 Å². The number of likely N-dealkylation sites (tertiary alicyclic amines) is 1. The van der Waals surface area contributed by atoms with Crippen LogP contribution < -0.4 is 0 Å². The Labute approximate surface area is 190 Å². The van der Waals surface area contributed by atoms with Crippen LogP contribution in [0.1, 0.15) is 57.6 Å². The van der Waals surface area contributed by atoms with E-state index >= 15 is 0 Å². The van der Waals surface area contributed by atoms with Gasteiger partial charge < -0.3 is 19.1 Å². The molecule has 0 saturated carbocycles. The lowest BCUT2D eigenvalue weighted by atomic mass is 9.84. The van der Waals surface area contributed by atoms with E-state index in [0.717, 1.165) is 31.5 Å². The van der Waals surface area contributed by atoms with Gasteiger partial charge in [-0.25, -0.2) is 0 Å². The lowest BCUT2D eigenvalue weighted by Gasteiger charge is -2.40. The third-order valence-corrected chi connectivity index (χ3v) is 6.45. The maximum atomic E-state index is 13.0. The van der Waals surface area contributed by atoms with E-state index in [9.17, 15) is 4.79 Å². The van der Waals surface area contributed by atoms with Crippen molar-refractivity contribution in [3.63, 3.8) is 0 Å². The van der Waals surface area contributed by atoms with Gasteiger partial charge in [0.15, 0.2) is 5.60 Å². The molecular formula is C26H34N2O4. The summed E-state index contributed by atoms with van der Waals surface area (Å²) in [4.78, 5) is 19.4. The second-order valence-corrected chi connectivity index (χ2v) is 10.0. The van der Waals surface area contributed by atoms with Crippen molar-refractivity contribution in [3.8, 4) is 0 Å². The standard InChI is InChI=1S/C26H34N2O4/c1-6-11-26(16-19(2)17-30-24(3,4)5)22(29)27-23(32-26)28-14-12-25(13-15-28)21-10-8-7-9-20(21)18-31-25/h6-10H,1-2,11-18H2,3-5H3. The maximum absolute atomic E-state index is 13.0. The Kier molecular flexibility index (Phi) is 6.03. The fourth-order valence-electron chi connectivity index (χ4n) is 4.74. The van der Waals surface area contributed by atoms with E-state index in [1.165, 1.54) is 11.1 Å². The number of piperidine rings is 1. The minimum absolute atomic E-state index is 0.243. The van der Waals surface area contributed by atoms with E-state index in [1.807, 2.05) is 20.8 Å². The highest BCUT2D eigenvalue weighted by Crippen LogP contribution is 2.44. The van der Waals surface area contributed by atoms with Crippen LogP contribution in [0.25, 0.3) is 0 Å². The second-order valence-electron chi connectivity index (χ2n) is 10.0. The molecule has 1 spiro atoms. The maximum Gasteiger partial charge on any atom is 0.296 e. The molecule has 6 nitrogen and oxygen atoms in total. The first-order valence-corrected chi connectivity index (χ1v) is 11.4. The average Bonchev–Trinajstić information content (AvgIpc) is 3.26. The second kappa shape index (κ2) is 8.49. The summed E-state index contributed by atoms with van der Waals surface area (Å²) in [6.45, 7) is 16.4. The van der Waals surface area contributed by atoms with Crippen LogP contribution in [0.15, 0.2) is 54.1 Å². The van der Waals surface area contributed by atoms with Crippen molar-refractivity contribution < 1.29 is 19.0 Å². The summed E-state index contributed by atoms with van der Waals surface area (Å²) < 4.78 is 18.4. The normalized spacial score (nSPS) is 24.3. The number of benzene rings is 1. The molecule has 0 aliphatic carbocycles. The zero-order valence-electron chi connectivity index (χ0n) is 19.5. The number of carbonyl (C=O) groups is 1. The highest BCUT2D eigenvalue weighted by atomic mass is 16.5. The molecule has 1 unspecified atom stereocenters. The molecule has 0 radical (unpaired) electrons. The summed E-state index contributed by atoms with van der Waals surface area (Å²) in [6.07, 6.45) is 4.11. The molecule has 1 atom stereocenters. The molecule has 1 aromatic rings. The van der Waals surface area contributed by atoms with Gasteiger partial charge in [0.1, 0.15) is 0 Å². The highest BCUT2D eigenvalue weighted by Gasteiger charge is 2.49. The molecule has 1 amide bonds. The molecule has 3 aliphatic rings. The number of ether oxygens (including phenoxy) is 3. The number of amides is 1. The van der Waals surface area contributed by atoms with Crippen LogP contribution in [0.4, 0.5) is 0 Å². The molecule has 0 N–H and O–H groups in total. The smallest absolute Gasteiger partial charge is 0.296 e. The molecule has 32 heavy (non-hydrogen) atoms. The summed E-state index contributed by atoms with van der Waals surface area (Å²) >= 11 is 0. The fraction of sp³-hybridized carbons (Fsp3) is 0.538. The number of hydrogen-bond donors (Lipinski definition) is 0. The number of aliphatic imine (C=N–C) groups is 1. The molecule has 6 heteroatoms. The molecule has 1 aromatic carbocycles. The summed E-state index contributed by atoms with van der Waals surface area (Å²) in [7, 11) is 0. The Morgan fingerprint density at radius 1 is 1.28 bits per heavy atom. The van der Waals surface area contributed by atoms with Crippen LogP contribution in [-0.2, 0) is 31.2 Å². The minimum atomic E-state index is -1.08. The van der Waals surface area contributed by atoms with Crippen molar-refractivity contribution in [2.24, 2.45) is 4.99 Å². The van der Waals surface area contributed by atoms with Crippen molar-refractivity contribution in [2.75, 3.05) is 19.7 Å². The van der Waals surface area contributed by atoms with E-state index in [2.05, 4.69) is 47.3 Å². The lowest BCUT2D eigenvalue weighted by molar-refractivity contribution is -0.131. The summed E-state index contributed by atoms with van der Waals surface area (Å²) in [6, 6.07) is 8.85. The molecule has 172 valence electrons. The third kappa shape index (κ3) is 4.39. The van der Waals surface area contributed by atoms with E-state index in [0.29, 0.717) is 32.1 Å². The van der Waals surface area contributed by atoms with Gasteiger partial charge in [0, 0.05) is 25.9 Å². The number of nitrogens with zero attached hydrogens (tertiary/aromatic N) is 2. The van der Waals surface area contributed by atoms with Crippen LogP contribution in [0.3, 0.4) is 0 Å². The molecule has 3 heterocycles. The zero-order chi connectivity index (χ0) is 23.0. The van der Waals surface area contributed by atoms with Gasteiger partial charge in [-0.05, 0) is 50.3 Å². The van der Waals surface area contributed by atoms with Gasteiger partial charge in [-0.15, -0.1) is 6.58 Å². The van der Waals surface area contributed by atoms with E-state index in [-0.39, 0.29) is 17.1 Å². The van der Waals surface area contributed by atoms with Crippen LogP contribution in [-0.4, -0.2) is 47.7 Å². The topological polar surface area (TPSA) is 60.4 Å². The molecule has 4 rings (SSSR count). The van der Waals surface area contributed by atoms with Crippen LogP contribution >= 0.6 is 0 Å². The first kappa shape index (κ1) is 22.7. The van der Waals surface area contributed by atoms with Crippen LogP contribution in [0.5, 0.6) is 0 Å². The van der Waals surface area contributed by atoms with Gasteiger partial charge in [0.25, 0.3) is 11.9 Å². The molecule has 1 saturated heterocycles. The summed E-state index contributed by atoms with van der Waals surface area (Å²) in [5.41, 5.74) is 1.77. The van der Waals surface area contributed by atoms with Gasteiger partial charge in [0.2, 0.25) is 0 Å². The zero-order valence-corrected chi connectivity index (χ0v) is 19.5. The Morgan fingerprint density at radius 2 is 2.00 bits per heavy atom. The molecule has 0 bridgehead atoms. The van der Waals surface area contributed by atoms with Crippen LogP contribution in [0, 0.1) is 0 Å². The summed E-state index contributed by atoms with van der Waals surface area (Å²) in [5, 5.41) is 0. The van der Waals surface area contributed by atoms with Gasteiger partial charge in [-0.3, -0.25) is 4.79 Å².